The zero-order valence-electron chi connectivity index (χ0n) is 12.1. The Balaban J connectivity index is 2.01. The van der Waals surface area contributed by atoms with Crippen molar-refractivity contribution in [3.63, 3.8) is 0 Å². The summed E-state index contributed by atoms with van der Waals surface area (Å²) in [5.74, 6) is 0.262. The molecule has 1 heterocycles. The van der Waals surface area contributed by atoms with Gasteiger partial charge in [-0.2, -0.15) is 0 Å². The number of anilines is 1. The van der Waals surface area contributed by atoms with Crippen LogP contribution in [0.25, 0.3) is 0 Å². The van der Waals surface area contributed by atoms with Crippen LogP contribution in [0.15, 0.2) is 18.2 Å². The summed E-state index contributed by atoms with van der Waals surface area (Å²) in [6, 6.07) is 5.11. The second-order valence-corrected chi connectivity index (χ2v) is 5.32. The molecule has 112 valence electrons. The fraction of sp³-hybridized carbons (Fsp3) is 0.600. The molecule has 0 spiro atoms. The van der Waals surface area contributed by atoms with Gasteiger partial charge >= 0.3 is 0 Å². The lowest BCUT2D eigenvalue weighted by Gasteiger charge is -2.32. The van der Waals surface area contributed by atoms with Crippen molar-refractivity contribution in [1.82, 2.24) is 0 Å². The van der Waals surface area contributed by atoms with E-state index in [1.807, 2.05) is 11.8 Å². The van der Waals surface area contributed by atoms with Gasteiger partial charge in [0.25, 0.3) is 0 Å². The first kappa shape index (κ1) is 15.1. The third-order valence-corrected chi connectivity index (χ3v) is 3.60. The summed E-state index contributed by atoms with van der Waals surface area (Å²) in [6.07, 6.45) is 2.00. The van der Waals surface area contributed by atoms with Crippen molar-refractivity contribution < 1.29 is 13.9 Å². The Morgan fingerprint density at radius 1 is 1.50 bits per heavy atom. The van der Waals surface area contributed by atoms with Crippen molar-refractivity contribution in [2.45, 2.75) is 31.9 Å². The predicted molar refractivity (Wildman–Crippen MR) is 77.8 cm³/mol. The molecule has 2 N–H and O–H groups in total. The SMILES string of the molecule is COC(C)COc1ccc(N2CCCC(N)C2)c(F)c1. The molecule has 2 atom stereocenters. The highest BCUT2D eigenvalue weighted by atomic mass is 19.1. The van der Waals surface area contributed by atoms with Gasteiger partial charge in [-0.05, 0) is 31.9 Å². The molecular weight excluding hydrogens is 259 g/mol. The first-order valence-corrected chi connectivity index (χ1v) is 7.06. The van der Waals surface area contributed by atoms with E-state index >= 15 is 0 Å². The third kappa shape index (κ3) is 3.84. The van der Waals surface area contributed by atoms with Crippen LogP contribution in [0.2, 0.25) is 0 Å². The molecule has 1 aliphatic heterocycles. The summed E-state index contributed by atoms with van der Waals surface area (Å²) >= 11 is 0. The normalized spacial score (nSPS) is 20.8. The van der Waals surface area contributed by atoms with Gasteiger partial charge in [-0.15, -0.1) is 0 Å². The lowest BCUT2D eigenvalue weighted by atomic mass is 10.1. The molecule has 0 saturated carbocycles. The van der Waals surface area contributed by atoms with Crippen LogP contribution >= 0.6 is 0 Å². The van der Waals surface area contributed by atoms with E-state index in [0.717, 1.165) is 19.4 Å². The molecule has 0 amide bonds. The summed E-state index contributed by atoms with van der Waals surface area (Å²) in [7, 11) is 1.62. The molecule has 0 aliphatic carbocycles. The number of ether oxygens (including phenoxy) is 2. The molecule has 5 heteroatoms. The fourth-order valence-corrected chi connectivity index (χ4v) is 2.34. The molecule has 2 unspecified atom stereocenters. The molecule has 0 bridgehead atoms. The topological polar surface area (TPSA) is 47.7 Å². The molecule has 1 aliphatic rings. The Morgan fingerprint density at radius 3 is 2.95 bits per heavy atom. The summed E-state index contributed by atoms with van der Waals surface area (Å²) < 4.78 is 24.8. The molecule has 1 fully saturated rings. The number of hydrogen-bond acceptors (Lipinski definition) is 4. The number of methoxy groups -OCH3 is 1. The largest absolute Gasteiger partial charge is 0.491 e. The van der Waals surface area contributed by atoms with Crippen molar-refractivity contribution in [2.75, 3.05) is 31.7 Å². The van der Waals surface area contributed by atoms with Gasteiger partial charge in [0, 0.05) is 32.3 Å². The van der Waals surface area contributed by atoms with Crippen LogP contribution in [-0.2, 0) is 4.74 Å². The Kier molecular flexibility index (Phi) is 5.20. The van der Waals surface area contributed by atoms with Crippen molar-refractivity contribution in [3.8, 4) is 5.75 Å². The highest BCUT2D eigenvalue weighted by Gasteiger charge is 2.19. The lowest BCUT2D eigenvalue weighted by Crippen LogP contribution is -2.43. The van der Waals surface area contributed by atoms with E-state index in [2.05, 4.69) is 0 Å². The van der Waals surface area contributed by atoms with Gasteiger partial charge < -0.3 is 20.1 Å². The van der Waals surface area contributed by atoms with Gasteiger partial charge in [-0.1, -0.05) is 0 Å². The standard InChI is InChI=1S/C15H23FN2O2/c1-11(19-2)10-20-13-5-6-15(14(16)8-13)18-7-3-4-12(17)9-18/h5-6,8,11-12H,3-4,7,9-10,17H2,1-2H3. The molecule has 2 rings (SSSR count). The molecule has 0 radical (unpaired) electrons. The fourth-order valence-electron chi connectivity index (χ4n) is 2.34. The lowest BCUT2D eigenvalue weighted by molar-refractivity contribution is 0.0715. The summed E-state index contributed by atoms with van der Waals surface area (Å²) in [4.78, 5) is 2.01. The van der Waals surface area contributed by atoms with Crippen LogP contribution in [0.3, 0.4) is 0 Å². The molecule has 1 aromatic carbocycles. The van der Waals surface area contributed by atoms with E-state index in [0.29, 0.717) is 24.6 Å². The smallest absolute Gasteiger partial charge is 0.150 e. The number of halogens is 1. The highest BCUT2D eigenvalue weighted by Crippen LogP contribution is 2.26. The van der Waals surface area contributed by atoms with E-state index in [1.165, 1.54) is 6.07 Å². The Bertz CT molecular complexity index is 442. The first-order valence-electron chi connectivity index (χ1n) is 7.06. The van der Waals surface area contributed by atoms with Crippen LogP contribution in [-0.4, -0.2) is 39.0 Å². The first-order chi connectivity index (χ1) is 9.60. The van der Waals surface area contributed by atoms with Gasteiger partial charge in [-0.25, -0.2) is 4.39 Å². The minimum atomic E-state index is -0.262. The highest BCUT2D eigenvalue weighted by molar-refractivity contribution is 5.51. The number of piperidine rings is 1. The van der Waals surface area contributed by atoms with E-state index in [-0.39, 0.29) is 18.0 Å². The predicted octanol–water partition coefficient (Wildman–Crippen LogP) is 2.17. The maximum atomic E-state index is 14.2. The van der Waals surface area contributed by atoms with Gasteiger partial charge in [0.2, 0.25) is 0 Å². The molecule has 4 nitrogen and oxygen atoms in total. The minimum absolute atomic E-state index is 0.0159. The quantitative estimate of drug-likeness (QED) is 0.899. The number of rotatable bonds is 5. The average Bonchev–Trinajstić information content (AvgIpc) is 2.44. The molecule has 1 saturated heterocycles. The van der Waals surface area contributed by atoms with Crippen LogP contribution in [0, 0.1) is 5.82 Å². The zero-order chi connectivity index (χ0) is 14.5. The minimum Gasteiger partial charge on any atom is -0.491 e. The maximum Gasteiger partial charge on any atom is 0.150 e. The summed E-state index contributed by atoms with van der Waals surface area (Å²) in [5.41, 5.74) is 6.54. The van der Waals surface area contributed by atoms with Crippen molar-refractivity contribution >= 4 is 5.69 Å². The number of nitrogens with zero attached hydrogens (tertiary/aromatic N) is 1. The second kappa shape index (κ2) is 6.90. The Labute approximate surface area is 119 Å². The number of benzene rings is 1. The molecular formula is C15H23FN2O2. The van der Waals surface area contributed by atoms with E-state index in [4.69, 9.17) is 15.2 Å². The number of hydrogen-bond donors (Lipinski definition) is 1. The summed E-state index contributed by atoms with van der Waals surface area (Å²) in [6.45, 7) is 3.87. The molecule has 1 aromatic rings. The van der Waals surface area contributed by atoms with Crippen molar-refractivity contribution in [2.24, 2.45) is 5.73 Å². The van der Waals surface area contributed by atoms with Crippen molar-refractivity contribution in [3.05, 3.63) is 24.0 Å². The average molecular weight is 282 g/mol. The molecule has 20 heavy (non-hydrogen) atoms. The zero-order valence-corrected chi connectivity index (χ0v) is 12.1. The molecule has 0 aromatic heterocycles. The van der Waals surface area contributed by atoms with Gasteiger partial charge in [-0.3, -0.25) is 0 Å². The van der Waals surface area contributed by atoms with E-state index < -0.39 is 0 Å². The van der Waals surface area contributed by atoms with E-state index in [9.17, 15) is 4.39 Å². The van der Waals surface area contributed by atoms with Gasteiger partial charge in [0.1, 0.15) is 18.2 Å². The number of nitrogens with two attached hydrogens (primary N) is 1. The van der Waals surface area contributed by atoms with Crippen molar-refractivity contribution in [1.29, 1.82) is 0 Å². The Hall–Kier alpha value is -1.33. The van der Waals surface area contributed by atoms with Gasteiger partial charge in [0.05, 0.1) is 11.8 Å². The second-order valence-electron chi connectivity index (χ2n) is 5.32. The monoisotopic (exact) mass is 282 g/mol. The van der Waals surface area contributed by atoms with Crippen LogP contribution in [0.5, 0.6) is 5.75 Å². The Morgan fingerprint density at radius 2 is 2.30 bits per heavy atom. The van der Waals surface area contributed by atoms with Crippen LogP contribution in [0.4, 0.5) is 10.1 Å². The van der Waals surface area contributed by atoms with Crippen LogP contribution < -0.4 is 15.4 Å². The summed E-state index contributed by atoms with van der Waals surface area (Å²) in [5, 5.41) is 0. The maximum absolute atomic E-state index is 14.2. The van der Waals surface area contributed by atoms with Gasteiger partial charge in [0.15, 0.2) is 0 Å². The third-order valence-electron chi connectivity index (χ3n) is 3.60. The van der Waals surface area contributed by atoms with E-state index in [1.54, 1.807) is 19.2 Å². The van der Waals surface area contributed by atoms with Crippen LogP contribution in [0.1, 0.15) is 19.8 Å².